The SMILES string of the molecule is CCOc1ccccc1/C=C(/C#N)c1nc(-c2ccc(C3CCCCC3)cc2)cs1. The normalized spacial score (nSPS) is 15.0. The summed E-state index contributed by atoms with van der Waals surface area (Å²) in [6, 6.07) is 18.9. The molecular formula is C26H26N2OS. The number of thiazole rings is 1. The van der Waals surface area contributed by atoms with Crippen LogP contribution in [0.25, 0.3) is 22.9 Å². The van der Waals surface area contributed by atoms with E-state index in [0.29, 0.717) is 18.1 Å². The van der Waals surface area contributed by atoms with Crippen molar-refractivity contribution in [2.24, 2.45) is 0 Å². The molecule has 0 bridgehead atoms. The second-order valence-corrected chi connectivity index (χ2v) is 8.49. The Morgan fingerprint density at radius 2 is 1.90 bits per heavy atom. The number of nitriles is 1. The number of aromatic nitrogens is 1. The molecule has 1 saturated carbocycles. The standard InChI is InChI=1S/C26H26N2OS/c1-2-29-25-11-7-6-10-22(25)16-23(17-27)26-28-24(18-30-26)21-14-12-20(13-15-21)19-8-4-3-5-9-19/h6-7,10-16,18-19H,2-5,8-9H2,1H3/b23-16-. The van der Waals surface area contributed by atoms with Crippen molar-refractivity contribution in [2.75, 3.05) is 6.61 Å². The van der Waals surface area contributed by atoms with Crippen LogP contribution in [-0.2, 0) is 0 Å². The lowest BCUT2D eigenvalue weighted by Gasteiger charge is -2.22. The number of benzene rings is 2. The summed E-state index contributed by atoms with van der Waals surface area (Å²) < 4.78 is 5.68. The number of ether oxygens (including phenoxy) is 1. The average Bonchev–Trinajstić information content (AvgIpc) is 3.29. The van der Waals surface area contributed by atoms with Crippen LogP contribution in [0.3, 0.4) is 0 Å². The van der Waals surface area contributed by atoms with Crippen molar-refractivity contribution in [2.45, 2.75) is 44.9 Å². The molecule has 152 valence electrons. The molecule has 3 nitrogen and oxygen atoms in total. The molecule has 30 heavy (non-hydrogen) atoms. The van der Waals surface area contributed by atoms with Crippen LogP contribution in [0.15, 0.2) is 53.9 Å². The van der Waals surface area contributed by atoms with E-state index in [9.17, 15) is 5.26 Å². The van der Waals surface area contributed by atoms with Crippen LogP contribution in [0.4, 0.5) is 0 Å². The predicted octanol–water partition coefficient (Wildman–Crippen LogP) is 7.32. The fourth-order valence-electron chi connectivity index (χ4n) is 4.08. The van der Waals surface area contributed by atoms with E-state index in [1.807, 2.05) is 42.6 Å². The number of hydrogen-bond acceptors (Lipinski definition) is 4. The number of rotatable bonds is 6. The first-order valence-corrected chi connectivity index (χ1v) is 11.6. The van der Waals surface area contributed by atoms with E-state index < -0.39 is 0 Å². The first-order chi connectivity index (χ1) is 14.8. The van der Waals surface area contributed by atoms with Gasteiger partial charge in [-0.1, -0.05) is 61.7 Å². The molecule has 1 fully saturated rings. The van der Waals surface area contributed by atoms with E-state index >= 15 is 0 Å². The van der Waals surface area contributed by atoms with Gasteiger partial charge in [0.15, 0.2) is 0 Å². The van der Waals surface area contributed by atoms with Crippen molar-refractivity contribution in [3.05, 3.63) is 70.0 Å². The lowest BCUT2D eigenvalue weighted by molar-refractivity contribution is 0.339. The molecule has 0 spiro atoms. The summed E-state index contributed by atoms with van der Waals surface area (Å²) in [5.41, 5.74) is 4.91. The minimum atomic E-state index is 0.553. The molecule has 1 aliphatic carbocycles. The van der Waals surface area contributed by atoms with Gasteiger partial charge >= 0.3 is 0 Å². The van der Waals surface area contributed by atoms with E-state index in [1.54, 1.807) is 0 Å². The molecule has 0 atom stereocenters. The lowest BCUT2D eigenvalue weighted by atomic mass is 9.84. The van der Waals surface area contributed by atoms with E-state index in [1.165, 1.54) is 49.0 Å². The third kappa shape index (κ3) is 4.63. The van der Waals surface area contributed by atoms with E-state index in [2.05, 4.69) is 30.3 Å². The summed E-state index contributed by atoms with van der Waals surface area (Å²) in [5.74, 6) is 1.49. The molecule has 2 aromatic carbocycles. The zero-order valence-corrected chi connectivity index (χ0v) is 18.1. The Bertz CT molecular complexity index is 1050. The molecule has 0 saturated heterocycles. The van der Waals surface area contributed by atoms with Gasteiger partial charge in [0.2, 0.25) is 0 Å². The Labute approximate surface area is 182 Å². The molecule has 0 radical (unpaired) electrons. The number of hydrogen-bond donors (Lipinski definition) is 0. The molecule has 0 unspecified atom stereocenters. The molecular weight excluding hydrogens is 388 g/mol. The summed E-state index contributed by atoms with van der Waals surface area (Å²) in [5, 5.41) is 12.5. The maximum absolute atomic E-state index is 9.73. The predicted molar refractivity (Wildman–Crippen MR) is 124 cm³/mol. The fourth-order valence-corrected chi connectivity index (χ4v) is 4.87. The Morgan fingerprint density at radius 1 is 1.13 bits per heavy atom. The zero-order chi connectivity index (χ0) is 20.8. The largest absolute Gasteiger partial charge is 0.493 e. The molecule has 4 rings (SSSR count). The smallest absolute Gasteiger partial charge is 0.134 e. The minimum absolute atomic E-state index is 0.553. The van der Waals surface area contributed by atoms with Crippen LogP contribution in [0.2, 0.25) is 0 Å². The van der Waals surface area contributed by atoms with Gasteiger partial charge in [-0.05, 0) is 43.4 Å². The van der Waals surface area contributed by atoms with Gasteiger partial charge in [-0.25, -0.2) is 4.98 Å². The van der Waals surface area contributed by atoms with Crippen LogP contribution in [-0.4, -0.2) is 11.6 Å². The maximum Gasteiger partial charge on any atom is 0.134 e. The third-order valence-corrected chi connectivity index (χ3v) is 6.53. The van der Waals surface area contributed by atoms with Crippen molar-refractivity contribution < 1.29 is 4.74 Å². The van der Waals surface area contributed by atoms with E-state index in [0.717, 1.165) is 27.6 Å². The van der Waals surface area contributed by atoms with Gasteiger partial charge in [0.05, 0.1) is 17.9 Å². The van der Waals surface area contributed by atoms with Crippen LogP contribution >= 0.6 is 11.3 Å². The van der Waals surface area contributed by atoms with Crippen molar-refractivity contribution in [1.82, 2.24) is 4.98 Å². The quantitative estimate of drug-likeness (QED) is 0.397. The average molecular weight is 415 g/mol. The summed E-state index contributed by atoms with van der Waals surface area (Å²) in [4.78, 5) is 4.75. The Balaban J connectivity index is 1.56. The molecule has 0 aliphatic heterocycles. The molecule has 0 N–H and O–H groups in total. The summed E-state index contributed by atoms with van der Waals surface area (Å²) in [6.07, 6.45) is 8.54. The highest BCUT2D eigenvalue weighted by molar-refractivity contribution is 7.11. The van der Waals surface area contributed by atoms with Crippen LogP contribution < -0.4 is 4.74 Å². The van der Waals surface area contributed by atoms with Crippen LogP contribution in [0.5, 0.6) is 5.75 Å². The molecule has 4 heteroatoms. The third-order valence-electron chi connectivity index (χ3n) is 5.66. The first kappa shape index (κ1) is 20.4. The maximum atomic E-state index is 9.73. The zero-order valence-electron chi connectivity index (χ0n) is 17.3. The monoisotopic (exact) mass is 414 g/mol. The van der Waals surface area contributed by atoms with Gasteiger partial charge in [0.25, 0.3) is 0 Å². The van der Waals surface area contributed by atoms with Crippen molar-refractivity contribution in [3.63, 3.8) is 0 Å². The molecule has 3 aromatic rings. The highest BCUT2D eigenvalue weighted by Crippen LogP contribution is 2.34. The topological polar surface area (TPSA) is 45.9 Å². The Kier molecular flexibility index (Phi) is 6.61. The lowest BCUT2D eigenvalue weighted by Crippen LogP contribution is -2.04. The van der Waals surface area contributed by atoms with Gasteiger partial charge in [0.1, 0.15) is 16.8 Å². The second-order valence-electron chi connectivity index (χ2n) is 7.64. The summed E-state index contributed by atoms with van der Waals surface area (Å²) in [6.45, 7) is 2.54. The number of para-hydroxylation sites is 1. The van der Waals surface area contributed by atoms with Gasteiger partial charge in [-0.2, -0.15) is 5.26 Å². The van der Waals surface area contributed by atoms with Crippen LogP contribution in [0.1, 0.15) is 61.1 Å². The molecule has 1 aromatic heterocycles. The van der Waals surface area contributed by atoms with Crippen molar-refractivity contribution in [1.29, 1.82) is 5.26 Å². The van der Waals surface area contributed by atoms with Gasteiger partial charge in [-0.3, -0.25) is 0 Å². The first-order valence-electron chi connectivity index (χ1n) is 10.7. The highest BCUT2D eigenvalue weighted by atomic mass is 32.1. The van der Waals surface area contributed by atoms with E-state index in [4.69, 9.17) is 9.72 Å². The summed E-state index contributed by atoms with van der Waals surface area (Å²) >= 11 is 1.51. The van der Waals surface area contributed by atoms with Gasteiger partial charge < -0.3 is 4.74 Å². The van der Waals surface area contributed by atoms with Gasteiger partial charge in [-0.15, -0.1) is 11.3 Å². The van der Waals surface area contributed by atoms with Crippen molar-refractivity contribution in [3.8, 4) is 23.1 Å². The molecule has 0 amide bonds. The minimum Gasteiger partial charge on any atom is -0.493 e. The number of nitrogens with zero attached hydrogens (tertiary/aromatic N) is 2. The van der Waals surface area contributed by atoms with Crippen molar-refractivity contribution >= 4 is 23.0 Å². The number of allylic oxidation sites excluding steroid dienone is 1. The summed E-state index contributed by atoms with van der Waals surface area (Å²) in [7, 11) is 0. The Morgan fingerprint density at radius 3 is 2.63 bits per heavy atom. The Hall–Kier alpha value is -2.90. The van der Waals surface area contributed by atoms with Gasteiger partial charge in [0, 0.05) is 16.5 Å². The van der Waals surface area contributed by atoms with Crippen LogP contribution in [0, 0.1) is 11.3 Å². The molecule has 1 heterocycles. The van der Waals surface area contributed by atoms with E-state index in [-0.39, 0.29) is 0 Å². The fraction of sp³-hybridized carbons (Fsp3) is 0.308. The highest BCUT2D eigenvalue weighted by Gasteiger charge is 2.16. The molecule has 1 aliphatic rings. The second kappa shape index (κ2) is 9.73.